The highest BCUT2D eigenvalue weighted by Gasteiger charge is 2.10. The Labute approximate surface area is 72.5 Å². The standard InChI is InChI=1S/C8H15N3O/c1-9-8(6-12-3)7-4-5-11(2)10-7/h4-5,8-9H,6H2,1-3H3. The van der Waals surface area contributed by atoms with E-state index in [-0.39, 0.29) is 6.04 Å². The van der Waals surface area contributed by atoms with Gasteiger partial charge in [-0.05, 0) is 13.1 Å². The maximum absolute atomic E-state index is 5.05. The molecule has 1 aromatic rings. The summed E-state index contributed by atoms with van der Waals surface area (Å²) in [6.45, 7) is 0.646. The van der Waals surface area contributed by atoms with Crippen LogP contribution in [0.25, 0.3) is 0 Å². The molecule has 1 atom stereocenters. The second-order valence-electron chi connectivity index (χ2n) is 2.71. The van der Waals surface area contributed by atoms with Crippen molar-refractivity contribution >= 4 is 0 Å². The van der Waals surface area contributed by atoms with E-state index in [1.54, 1.807) is 11.8 Å². The van der Waals surface area contributed by atoms with Gasteiger partial charge in [0, 0.05) is 20.4 Å². The average molecular weight is 169 g/mol. The van der Waals surface area contributed by atoms with Crippen LogP contribution in [0.5, 0.6) is 0 Å². The monoisotopic (exact) mass is 169 g/mol. The van der Waals surface area contributed by atoms with Crippen LogP contribution in [0.2, 0.25) is 0 Å². The fourth-order valence-electron chi connectivity index (χ4n) is 1.10. The topological polar surface area (TPSA) is 39.1 Å². The van der Waals surface area contributed by atoms with Gasteiger partial charge in [0.2, 0.25) is 0 Å². The summed E-state index contributed by atoms with van der Waals surface area (Å²) in [6, 6.07) is 2.18. The Balaban J connectivity index is 2.66. The molecule has 0 bridgehead atoms. The number of nitrogens with zero attached hydrogens (tertiary/aromatic N) is 2. The minimum atomic E-state index is 0.191. The van der Waals surface area contributed by atoms with Gasteiger partial charge in [-0.25, -0.2) is 0 Å². The highest BCUT2D eigenvalue weighted by molar-refractivity contribution is 5.05. The van der Waals surface area contributed by atoms with Gasteiger partial charge in [0.25, 0.3) is 0 Å². The van der Waals surface area contributed by atoms with Crippen molar-refractivity contribution in [1.82, 2.24) is 15.1 Å². The number of likely N-dealkylation sites (N-methyl/N-ethyl adjacent to an activating group) is 1. The Morgan fingerprint density at radius 1 is 1.75 bits per heavy atom. The normalized spacial score (nSPS) is 13.2. The molecular formula is C8H15N3O. The van der Waals surface area contributed by atoms with Gasteiger partial charge in [-0.2, -0.15) is 5.10 Å². The van der Waals surface area contributed by atoms with E-state index in [0.29, 0.717) is 6.61 Å². The van der Waals surface area contributed by atoms with Gasteiger partial charge in [0.15, 0.2) is 0 Å². The molecule has 1 unspecified atom stereocenters. The van der Waals surface area contributed by atoms with Gasteiger partial charge in [-0.1, -0.05) is 0 Å². The van der Waals surface area contributed by atoms with E-state index in [1.807, 2.05) is 26.4 Å². The summed E-state index contributed by atoms with van der Waals surface area (Å²) in [5.74, 6) is 0. The molecule has 4 heteroatoms. The Morgan fingerprint density at radius 3 is 2.92 bits per heavy atom. The van der Waals surface area contributed by atoms with Gasteiger partial charge in [0.05, 0.1) is 18.3 Å². The van der Waals surface area contributed by atoms with Crippen molar-refractivity contribution in [3.63, 3.8) is 0 Å². The summed E-state index contributed by atoms with van der Waals surface area (Å²) in [4.78, 5) is 0. The summed E-state index contributed by atoms with van der Waals surface area (Å²) < 4.78 is 6.83. The van der Waals surface area contributed by atoms with Gasteiger partial charge in [-0.15, -0.1) is 0 Å². The van der Waals surface area contributed by atoms with Crippen molar-refractivity contribution in [3.8, 4) is 0 Å². The molecule has 0 aliphatic carbocycles. The molecule has 12 heavy (non-hydrogen) atoms. The first kappa shape index (κ1) is 9.22. The molecule has 1 aromatic heterocycles. The lowest BCUT2D eigenvalue weighted by Crippen LogP contribution is -2.21. The van der Waals surface area contributed by atoms with Crippen LogP contribution in [0, 0.1) is 0 Å². The molecule has 4 nitrogen and oxygen atoms in total. The number of aryl methyl sites for hydroxylation is 1. The summed E-state index contributed by atoms with van der Waals surface area (Å²) in [5, 5.41) is 7.41. The molecule has 1 N–H and O–H groups in total. The Bertz CT molecular complexity index is 234. The number of hydrogen-bond acceptors (Lipinski definition) is 3. The van der Waals surface area contributed by atoms with Gasteiger partial charge in [-0.3, -0.25) is 4.68 Å². The van der Waals surface area contributed by atoms with Gasteiger partial charge < -0.3 is 10.1 Å². The Kier molecular flexibility index (Phi) is 3.25. The number of ether oxygens (including phenoxy) is 1. The van der Waals surface area contributed by atoms with Crippen molar-refractivity contribution in [2.45, 2.75) is 6.04 Å². The van der Waals surface area contributed by atoms with Crippen LogP contribution in [0.15, 0.2) is 12.3 Å². The van der Waals surface area contributed by atoms with Crippen molar-refractivity contribution < 1.29 is 4.74 Å². The van der Waals surface area contributed by atoms with E-state index in [4.69, 9.17) is 4.74 Å². The van der Waals surface area contributed by atoms with Crippen LogP contribution < -0.4 is 5.32 Å². The maximum Gasteiger partial charge on any atom is 0.0817 e. The summed E-state index contributed by atoms with van der Waals surface area (Å²) in [5.41, 5.74) is 1.02. The molecule has 0 saturated carbocycles. The minimum absolute atomic E-state index is 0.191. The van der Waals surface area contributed by atoms with Crippen LogP contribution in [-0.4, -0.2) is 30.5 Å². The summed E-state index contributed by atoms with van der Waals surface area (Å²) >= 11 is 0. The molecule has 1 rings (SSSR count). The van der Waals surface area contributed by atoms with E-state index in [9.17, 15) is 0 Å². The minimum Gasteiger partial charge on any atom is -0.383 e. The second kappa shape index (κ2) is 4.23. The fourth-order valence-corrected chi connectivity index (χ4v) is 1.10. The first-order valence-electron chi connectivity index (χ1n) is 3.93. The lowest BCUT2D eigenvalue weighted by Gasteiger charge is -2.11. The van der Waals surface area contributed by atoms with Crippen molar-refractivity contribution in [2.24, 2.45) is 7.05 Å². The van der Waals surface area contributed by atoms with Gasteiger partial charge >= 0.3 is 0 Å². The predicted molar refractivity (Wildman–Crippen MR) is 46.9 cm³/mol. The SMILES string of the molecule is CNC(COC)c1ccn(C)n1. The quantitative estimate of drug-likeness (QED) is 0.706. The van der Waals surface area contributed by atoms with Crippen molar-refractivity contribution in [2.75, 3.05) is 20.8 Å². The summed E-state index contributed by atoms with van der Waals surface area (Å²) in [6.07, 6.45) is 1.93. The molecule has 1 heterocycles. The van der Waals surface area contributed by atoms with Crippen LogP contribution in [-0.2, 0) is 11.8 Å². The molecule has 0 saturated heterocycles. The lowest BCUT2D eigenvalue weighted by atomic mass is 10.2. The number of nitrogens with one attached hydrogen (secondary N) is 1. The van der Waals surface area contributed by atoms with E-state index < -0.39 is 0 Å². The second-order valence-corrected chi connectivity index (χ2v) is 2.71. The van der Waals surface area contributed by atoms with Crippen molar-refractivity contribution in [1.29, 1.82) is 0 Å². The zero-order chi connectivity index (χ0) is 8.97. The smallest absolute Gasteiger partial charge is 0.0817 e. The number of rotatable bonds is 4. The van der Waals surface area contributed by atoms with E-state index in [1.165, 1.54) is 0 Å². The van der Waals surface area contributed by atoms with Crippen LogP contribution >= 0.6 is 0 Å². The molecule has 0 spiro atoms. The maximum atomic E-state index is 5.05. The van der Waals surface area contributed by atoms with Crippen LogP contribution in [0.3, 0.4) is 0 Å². The largest absolute Gasteiger partial charge is 0.383 e. The van der Waals surface area contributed by atoms with Crippen LogP contribution in [0.1, 0.15) is 11.7 Å². The number of aromatic nitrogens is 2. The molecule has 68 valence electrons. The zero-order valence-electron chi connectivity index (χ0n) is 7.74. The third kappa shape index (κ3) is 2.06. The molecule has 0 fully saturated rings. The fraction of sp³-hybridized carbons (Fsp3) is 0.625. The first-order chi connectivity index (χ1) is 5.77. The van der Waals surface area contributed by atoms with Gasteiger partial charge in [0.1, 0.15) is 0 Å². The number of methoxy groups -OCH3 is 1. The highest BCUT2D eigenvalue weighted by atomic mass is 16.5. The van der Waals surface area contributed by atoms with E-state index in [0.717, 1.165) is 5.69 Å². The third-order valence-electron chi connectivity index (χ3n) is 1.77. The van der Waals surface area contributed by atoms with Crippen LogP contribution in [0.4, 0.5) is 0 Å². The average Bonchev–Trinajstić information content (AvgIpc) is 2.47. The first-order valence-corrected chi connectivity index (χ1v) is 3.93. The van der Waals surface area contributed by atoms with Crippen molar-refractivity contribution in [3.05, 3.63) is 18.0 Å². The molecular weight excluding hydrogens is 154 g/mol. The third-order valence-corrected chi connectivity index (χ3v) is 1.77. The molecule has 0 aliphatic rings. The Morgan fingerprint density at radius 2 is 2.50 bits per heavy atom. The zero-order valence-corrected chi connectivity index (χ0v) is 7.74. The van der Waals surface area contributed by atoms with E-state index in [2.05, 4.69) is 10.4 Å². The highest BCUT2D eigenvalue weighted by Crippen LogP contribution is 2.08. The summed E-state index contributed by atoms with van der Waals surface area (Å²) in [7, 11) is 5.49. The molecule has 0 amide bonds. The molecule has 0 radical (unpaired) electrons. The van der Waals surface area contributed by atoms with E-state index >= 15 is 0 Å². The lowest BCUT2D eigenvalue weighted by molar-refractivity contribution is 0.168. The molecule has 0 aromatic carbocycles. The number of hydrogen-bond donors (Lipinski definition) is 1. The molecule has 0 aliphatic heterocycles. The Hall–Kier alpha value is -0.870. The predicted octanol–water partition coefficient (Wildman–Crippen LogP) is 0.327.